The van der Waals surface area contributed by atoms with E-state index in [1.54, 1.807) is 0 Å². The van der Waals surface area contributed by atoms with E-state index in [0.717, 1.165) is 40.8 Å². The number of hydrogen-bond donors (Lipinski definition) is 0. The van der Waals surface area contributed by atoms with Gasteiger partial charge in [0.05, 0.1) is 28.5 Å². The molecule has 0 saturated carbocycles. The maximum absolute atomic E-state index is 9.72. The van der Waals surface area contributed by atoms with Crippen molar-refractivity contribution < 1.29 is 0 Å². The normalized spacial score (nSPS) is 16.2. The highest BCUT2D eigenvalue weighted by atomic mass is 15.3. The highest BCUT2D eigenvalue weighted by Gasteiger charge is 2.29. The van der Waals surface area contributed by atoms with Gasteiger partial charge < -0.3 is 4.90 Å². The van der Waals surface area contributed by atoms with Crippen LogP contribution in [0.25, 0.3) is 34.0 Å². The first-order valence-corrected chi connectivity index (χ1v) is 11.0. The molecule has 0 aliphatic carbocycles. The third-order valence-corrected chi connectivity index (χ3v) is 6.64. The predicted molar refractivity (Wildman–Crippen MR) is 132 cm³/mol. The van der Waals surface area contributed by atoms with Gasteiger partial charge in [0, 0.05) is 17.8 Å². The van der Waals surface area contributed by atoms with Crippen LogP contribution in [0.5, 0.6) is 0 Å². The standard InChI is InChI=1S/C27H27N5/c1-5-19-12-14-22(31-16-8-11-25(31)30(3)4)18(2)26(19)24-15-13-20(17-28)27-29-21-9-6-7-10-23(21)32(24)27/h5-7,9-10,12-15,25H,1,8,11,16H2,2-4H3/t25-/m0/s1. The van der Waals surface area contributed by atoms with Crippen LogP contribution in [0.1, 0.15) is 29.5 Å². The van der Waals surface area contributed by atoms with Crippen molar-refractivity contribution in [1.82, 2.24) is 14.3 Å². The van der Waals surface area contributed by atoms with Crippen LogP contribution in [-0.4, -0.2) is 41.1 Å². The van der Waals surface area contributed by atoms with E-state index in [2.05, 4.69) is 66.1 Å². The molecular formula is C27H27N5. The Balaban J connectivity index is 1.82. The average molecular weight is 422 g/mol. The van der Waals surface area contributed by atoms with Crippen molar-refractivity contribution in [3.05, 3.63) is 71.8 Å². The number of nitriles is 1. The summed E-state index contributed by atoms with van der Waals surface area (Å²) < 4.78 is 2.13. The number of imidazole rings is 1. The number of para-hydroxylation sites is 2. The molecule has 3 heterocycles. The summed E-state index contributed by atoms with van der Waals surface area (Å²) in [4.78, 5) is 9.60. The summed E-state index contributed by atoms with van der Waals surface area (Å²) in [5.74, 6) is 0. The molecule has 2 aromatic heterocycles. The van der Waals surface area contributed by atoms with Gasteiger partial charge in [0.25, 0.3) is 0 Å². The monoisotopic (exact) mass is 421 g/mol. The SMILES string of the molecule is C=Cc1ccc(N2CCC[C@H]2N(C)C)c(C)c1-c1ccc(C#N)c2nc3ccccc3n12. The first-order valence-electron chi connectivity index (χ1n) is 11.0. The third-order valence-electron chi connectivity index (χ3n) is 6.64. The molecule has 0 spiro atoms. The van der Waals surface area contributed by atoms with Crippen molar-refractivity contribution >= 4 is 28.4 Å². The fourth-order valence-electron chi connectivity index (χ4n) is 5.15. The Morgan fingerprint density at radius 2 is 1.97 bits per heavy atom. The van der Waals surface area contributed by atoms with Gasteiger partial charge in [-0.2, -0.15) is 5.26 Å². The lowest BCUT2D eigenvalue weighted by molar-refractivity contribution is 0.301. The van der Waals surface area contributed by atoms with Gasteiger partial charge in [0.1, 0.15) is 6.07 Å². The maximum Gasteiger partial charge on any atom is 0.156 e. The van der Waals surface area contributed by atoms with E-state index < -0.39 is 0 Å². The van der Waals surface area contributed by atoms with E-state index >= 15 is 0 Å². The second kappa shape index (κ2) is 7.81. The first kappa shape index (κ1) is 20.3. The number of benzene rings is 2. The summed E-state index contributed by atoms with van der Waals surface area (Å²) in [6, 6.07) is 18.7. The molecule has 1 aliphatic heterocycles. The molecule has 5 heteroatoms. The summed E-state index contributed by atoms with van der Waals surface area (Å²) in [5.41, 5.74) is 8.88. The molecule has 1 fully saturated rings. The molecule has 1 aliphatic rings. The molecule has 0 amide bonds. The Hall–Kier alpha value is -3.62. The third kappa shape index (κ3) is 2.99. The number of aromatic nitrogens is 2. The summed E-state index contributed by atoms with van der Waals surface area (Å²) >= 11 is 0. The van der Waals surface area contributed by atoms with Crippen LogP contribution in [0.4, 0.5) is 5.69 Å². The molecule has 0 bridgehead atoms. The summed E-state index contributed by atoms with van der Waals surface area (Å²) in [6.07, 6.45) is 4.67. The summed E-state index contributed by atoms with van der Waals surface area (Å²) in [6.45, 7) is 7.34. The van der Waals surface area contributed by atoms with E-state index in [1.165, 1.54) is 17.7 Å². The number of rotatable bonds is 4. The van der Waals surface area contributed by atoms with Crippen LogP contribution in [0.3, 0.4) is 0 Å². The molecule has 32 heavy (non-hydrogen) atoms. The Morgan fingerprint density at radius 1 is 1.16 bits per heavy atom. The van der Waals surface area contributed by atoms with Crippen LogP contribution in [0, 0.1) is 18.3 Å². The van der Waals surface area contributed by atoms with E-state index in [9.17, 15) is 5.26 Å². The van der Waals surface area contributed by atoms with Crippen LogP contribution >= 0.6 is 0 Å². The Labute approximate surface area is 188 Å². The van der Waals surface area contributed by atoms with Crippen molar-refractivity contribution in [2.45, 2.75) is 25.9 Å². The number of nitrogens with zero attached hydrogens (tertiary/aromatic N) is 5. The molecule has 1 atom stereocenters. The van der Waals surface area contributed by atoms with Crippen molar-refractivity contribution in [2.75, 3.05) is 25.5 Å². The van der Waals surface area contributed by atoms with Gasteiger partial charge in [0.15, 0.2) is 5.65 Å². The number of pyridine rings is 1. The zero-order valence-corrected chi connectivity index (χ0v) is 18.8. The van der Waals surface area contributed by atoms with Crippen molar-refractivity contribution in [3.8, 4) is 17.3 Å². The van der Waals surface area contributed by atoms with Crippen LogP contribution in [0.15, 0.2) is 55.1 Å². The number of anilines is 1. The van der Waals surface area contributed by atoms with Crippen molar-refractivity contribution in [2.24, 2.45) is 0 Å². The molecule has 5 nitrogen and oxygen atoms in total. The Bertz CT molecular complexity index is 1390. The van der Waals surface area contributed by atoms with Gasteiger partial charge in [-0.1, -0.05) is 30.9 Å². The topological polar surface area (TPSA) is 47.6 Å². The van der Waals surface area contributed by atoms with Crippen LogP contribution in [0.2, 0.25) is 0 Å². The zero-order chi connectivity index (χ0) is 22.4. The van der Waals surface area contributed by atoms with Gasteiger partial charge >= 0.3 is 0 Å². The highest BCUT2D eigenvalue weighted by Crippen LogP contribution is 2.39. The largest absolute Gasteiger partial charge is 0.356 e. The summed E-state index contributed by atoms with van der Waals surface area (Å²) in [7, 11) is 4.30. The van der Waals surface area contributed by atoms with Gasteiger partial charge in [-0.05, 0) is 75.3 Å². The Kier molecular flexibility index (Phi) is 4.96. The number of hydrogen-bond acceptors (Lipinski definition) is 4. The molecule has 2 aromatic carbocycles. The fourth-order valence-corrected chi connectivity index (χ4v) is 5.15. The highest BCUT2D eigenvalue weighted by molar-refractivity contribution is 5.89. The quantitative estimate of drug-likeness (QED) is 0.439. The second-order valence-corrected chi connectivity index (χ2v) is 8.66. The molecule has 160 valence electrons. The van der Waals surface area contributed by atoms with Gasteiger partial charge in [0.2, 0.25) is 0 Å². The van der Waals surface area contributed by atoms with E-state index in [-0.39, 0.29) is 0 Å². The van der Waals surface area contributed by atoms with Gasteiger partial charge in [-0.3, -0.25) is 9.30 Å². The lowest BCUT2D eigenvalue weighted by Gasteiger charge is -2.33. The van der Waals surface area contributed by atoms with Crippen molar-refractivity contribution in [3.63, 3.8) is 0 Å². The van der Waals surface area contributed by atoms with Gasteiger partial charge in [-0.25, -0.2) is 4.98 Å². The van der Waals surface area contributed by atoms with Crippen LogP contribution in [-0.2, 0) is 0 Å². The van der Waals surface area contributed by atoms with E-state index in [0.29, 0.717) is 17.4 Å². The maximum atomic E-state index is 9.72. The zero-order valence-electron chi connectivity index (χ0n) is 18.8. The van der Waals surface area contributed by atoms with Crippen molar-refractivity contribution in [1.29, 1.82) is 5.26 Å². The number of fused-ring (bicyclic) bond motifs is 3. The van der Waals surface area contributed by atoms with E-state index in [1.807, 2.05) is 36.4 Å². The fraction of sp³-hybridized carbons (Fsp3) is 0.259. The molecular weight excluding hydrogens is 394 g/mol. The minimum absolute atomic E-state index is 0.395. The minimum atomic E-state index is 0.395. The first-order chi connectivity index (χ1) is 15.5. The van der Waals surface area contributed by atoms with Gasteiger partial charge in [-0.15, -0.1) is 0 Å². The molecule has 0 unspecified atom stereocenters. The lowest BCUT2D eigenvalue weighted by atomic mass is 9.95. The van der Waals surface area contributed by atoms with Crippen LogP contribution < -0.4 is 4.90 Å². The smallest absolute Gasteiger partial charge is 0.156 e. The average Bonchev–Trinajstić information content (AvgIpc) is 3.44. The lowest BCUT2D eigenvalue weighted by Crippen LogP contribution is -2.40. The molecule has 5 rings (SSSR count). The summed E-state index contributed by atoms with van der Waals surface area (Å²) in [5, 5.41) is 9.72. The Morgan fingerprint density at radius 3 is 2.72 bits per heavy atom. The molecule has 1 saturated heterocycles. The van der Waals surface area contributed by atoms with E-state index in [4.69, 9.17) is 4.98 Å². The molecule has 0 N–H and O–H groups in total. The second-order valence-electron chi connectivity index (χ2n) is 8.66. The molecule has 0 radical (unpaired) electrons. The minimum Gasteiger partial charge on any atom is -0.356 e. The predicted octanol–water partition coefficient (Wildman–Crippen LogP) is 5.47. The molecule has 4 aromatic rings.